The highest BCUT2D eigenvalue weighted by atomic mass is 19.1. The van der Waals surface area contributed by atoms with Crippen molar-refractivity contribution in [2.45, 2.75) is 25.7 Å². The second kappa shape index (κ2) is 11.4. The fourth-order valence-corrected chi connectivity index (χ4v) is 4.74. The Bertz CT molecular complexity index is 1160. The van der Waals surface area contributed by atoms with Crippen molar-refractivity contribution in [1.82, 2.24) is 25.1 Å². The number of carbonyl (C=O) groups is 1. The van der Waals surface area contributed by atoms with E-state index in [1.807, 2.05) is 31.2 Å². The minimum absolute atomic E-state index is 0.147. The van der Waals surface area contributed by atoms with E-state index in [2.05, 4.69) is 32.8 Å². The molecular formula is C27H33FN6O. The van der Waals surface area contributed by atoms with E-state index in [-0.39, 0.29) is 29.4 Å². The van der Waals surface area contributed by atoms with Gasteiger partial charge in [-0.25, -0.2) is 9.37 Å². The van der Waals surface area contributed by atoms with E-state index in [1.54, 1.807) is 11.0 Å². The lowest BCUT2D eigenvalue weighted by molar-refractivity contribution is 0.0638. The number of nitrogens with zero attached hydrogens (tertiary/aromatic N) is 4. The van der Waals surface area contributed by atoms with E-state index in [0.29, 0.717) is 29.7 Å². The van der Waals surface area contributed by atoms with Gasteiger partial charge < -0.3 is 15.2 Å². The molecule has 0 spiro atoms. The number of rotatable bonds is 7. The van der Waals surface area contributed by atoms with Gasteiger partial charge in [-0.2, -0.15) is 5.26 Å². The highest BCUT2D eigenvalue weighted by Crippen LogP contribution is 2.30. The molecule has 7 nitrogen and oxygen atoms in total. The maximum absolute atomic E-state index is 14.8. The molecular weight excluding hydrogens is 443 g/mol. The number of carbonyl (C=O) groups excluding carboxylic acids is 1. The van der Waals surface area contributed by atoms with Gasteiger partial charge in [-0.1, -0.05) is 30.9 Å². The van der Waals surface area contributed by atoms with Crippen molar-refractivity contribution >= 4 is 16.9 Å². The summed E-state index contributed by atoms with van der Waals surface area (Å²) in [5.41, 5.74) is 2.97. The Hall–Kier alpha value is -3.28. The van der Waals surface area contributed by atoms with Crippen molar-refractivity contribution in [2.75, 3.05) is 45.8 Å². The molecule has 2 aromatic rings. The van der Waals surface area contributed by atoms with Gasteiger partial charge in [0.2, 0.25) is 0 Å². The average molecular weight is 477 g/mol. The number of imidazole rings is 1. The van der Waals surface area contributed by atoms with Crippen molar-refractivity contribution in [1.29, 1.82) is 5.26 Å². The van der Waals surface area contributed by atoms with Crippen LogP contribution in [0.4, 0.5) is 4.39 Å². The summed E-state index contributed by atoms with van der Waals surface area (Å²) in [6.07, 6.45) is 9.36. The number of amides is 1. The van der Waals surface area contributed by atoms with Crippen LogP contribution in [0.5, 0.6) is 0 Å². The van der Waals surface area contributed by atoms with Gasteiger partial charge in [0.15, 0.2) is 5.82 Å². The van der Waals surface area contributed by atoms with Crippen LogP contribution in [0.2, 0.25) is 0 Å². The Balaban J connectivity index is 1.39. The first-order valence-electron chi connectivity index (χ1n) is 12.3. The van der Waals surface area contributed by atoms with Gasteiger partial charge in [0.1, 0.15) is 5.82 Å². The lowest BCUT2D eigenvalue weighted by Gasteiger charge is -2.34. The quantitative estimate of drug-likeness (QED) is 0.594. The minimum atomic E-state index is -0.245. The second-order valence-corrected chi connectivity index (χ2v) is 9.32. The third kappa shape index (κ3) is 6.05. The summed E-state index contributed by atoms with van der Waals surface area (Å²) in [6, 6.07) is 5.48. The second-order valence-electron chi connectivity index (χ2n) is 9.32. The molecule has 1 amide bonds. The van der Waals surface area contributed by atoms with Crippen LogP contribution in [0.3, 0.4) is 0 Å². The SMILES string of the molecule is C=C/C=C(\C=C/C(C)C#N)CN1CCN(C(=O)c2nc3cc(F)c(C4CCNCC4)cc3[nH]2)CC1. The number of hydrogen-bond donors (Lipinski definition) is 2. The Morgan fingerprint density at radius 2 is 2.06 bits per heavy atom. The monoisotopic (exact) mass is 476 g/mol. The number of nitrogens with one attached hydrogen (secondary N) is 2. The van der Waals surface area contributed by atoms with Crippen LogP contribution in [0.15, 0.2) is 48.6 Å². The van der Waals surface area contributed by atoms with Crippen molar-refractivity contribution in [2.24, 2.45) is 5.92 Å². The van der Waals surface area contributed by atoms with Crippen LogP contribution < -0.4 is 5.32 Å². The number of aromatic amines is 1. The first-order chi connectivity index (χ1) is 17.0. The summed E-state index contributed by atoms with van der Waals surface area (Å²) in [6.45, 7) is 10.8. The first kappa shape index (κ1) is 24.8. The highest BCUT2D eigenvalue weighted by Gasteiger charge is 2.26. The van der Waals surface area contributed by atoms with Gasteiger partial charge in [0.05, 0.1) is 23.0 Å². The molecule has 2 saturated heterocycles. The predicted molar refractivity (Wildman–Crippen MR) is 135 cm³/mol. The van der Waals surface area contributed by atoms with Gasteiger partial charge in [0.25, 0.3) is 5.91 Å². The third-order valence-electron chi connectivity index (χ3n) is 6.78. The molecule has 0 saturated carbocycles. The standard InChI is InChI=1S/C27H33FN6O/c1-3-4-20(6-5-19(2)17-29)18-33-11-13-34(14-12-33)27(35)26-31-24-15-22(21-7-9-30-10-8-21)23(28)16-25(24)32-26/h3-6,15-16,19,21,30H,1,7-14,18H2,2H3,(H,31,32)/b6-5-,20-4+. The van der Waals surface area contributed by atoms with Crippen molar-refractivity contribution < 1.29 is 9.18 Å². The molecule has 2 aliphatic rings. The van der Waals surface area contributed by atoms with Crippen molar-refractivity contribution in [3.8, 4) is 6.07 Å². The molecule has 8 heteroatoms. The molecule has 4 rings (SSSR count). The van der Waals surface area contributed by atoms with E-state index in [4.69, 9.17) is 5.26 Å². The number of piperazine rings is 1. The van der Waals surface area contributed by atoms with Crippen molar-refractivity contribution in [3.63, 3.8) is 0 Å². The largest absolute Gasteiger partial charge is 0.334 e. The molecule has 0 aliphatic carbocycles. The van der Waals surface area contributed by atoms with Crippen LogP contribution in [0, 0.1) is 23.1 Å². The summed E-state index contributed by atoms with van der Waals surface area (Å²) >= 11 is 0. The number of allylic oxidation sites excluding steroid dienone is 3. The van der Waals surface area contributed by atoms with Crippen LogP contribution in [0.25, 0.3) is 11.0 Å². The maximum atomic E-state index is 14.8. The Morgan fingerprint density at radius 1 is 1.31 bits per heavy atom. The zero-order valence-corrected chi connectivity index (χ0v) is 20.3. The van der Waals surface area contributed by atoms with Gasteiger partial charge in [-0.3, -0.25) is 9.69 Å². The summed E-state index contributed by atoms with van der Waals surface area (Å²) < 4.78 is 14.8. The number of halogens is 1. The molecule has 1 aromatic carbocycles. The summed E-state index contributed by atoms with van der Waals surface area (Å²) in [5.74, 6) is -0.102. The fraction of sp³-hybridized carbons (Fsp3) is 0.444. The van der Waals surface area contributed by atoms with Gasteiger partial charge >= 0.3 is 0 Å². The molecule has 0 bridgehead atoms. The molecule has 184 valence electrons. The minimum Gasteiger partial charge on any atom is -0.334 e. The van der Waals surface area contributed by atoms with E-state index >= 15 is 0 Å². The van der Waals surface area contributed by atoms with Crippen LogP contribution >= 0.6 is 0 Å². The number of piperidine rings is 1. The molecule has 1 aromatic heterocycles. The Labute approximate surface area is 206 Å². The summed E-state index contributed by atoms with van der Waals surface area (Å²) in [7, 11) is 0. The maximum Gasteiger partial charge on any atom is 0.289 e. The molecule has 3 heterocycles. The molecule has 2 aliphatic heterocycles. The van der Waals surface area contributed by atoms with Gasteiger partial charge in [-0.05, 0) is 56.0 Å². The first-order valence-corrected chi connectivity index (χ1v) is 12.3. The van der Waals surface area contributed by atoms with Crippen LogP contribution in [-0.2, 0) is 0 Å². The number of nitriles is 1. The molecule has 2 fully saturated rings. The number of hydrogen-bond acceptors (Lipinski definition) is 5. The summed E-state index contributed by atoms with van der Waals surface area (Å²) in [5, 5.41) is 12.3. The Morgan fingerprint density at radius 3 is 2.74 bits per heavy atom. The molecule has 1 atom stereocenters. The number of fused-ring (bicyclic) bond motifs is 1. The lowest BCUT2D eigenvalue weighted by atomic mass is 9.89. The molecule has 0 radical (unpaired) electrons. The number of benzene rings is 1. The van der Waals surface area contributed by atoms with E-state index in [0.717, 1.165) is 51.1 Å². The highest BCUT2D eigenvalue weighted by molar-refractivity contribution is 5.94. The van der Waals surface area contributed by atoms with Crippen LogP contribution in [-0.4, -0.2) is 71.5 Å². The molecule has 2 N–H and O–H groups in total. The van der Waals surface area contributed by atoms with Gasteiger partial charge in [0, 0.05) is 38.8 Å². The number of aromatic nitrogens is 2. The predicted octanol–water partition coefficient (Wildman–Crippen LogP) is 3.76. The van der Waals surface area contributed by atoms with Crippen molar-refractivity contribution in [3.05, 3.63) is 65.8 Å². The number of H-pyrrole nitrogens is 1. The Kier molecular flexibility index (Phi) is 8.11. The van der Waals surface area contributed by atoms with E-state index < -0.39 is 0 Å². The fourth-order valence-electron chi connectivity index (χ4n) is 4.74. The normalized spacial score (nSPS) is 19.2. The zero-order chi connectivity index (χ0) is 24.8. The lowest BCUT2D eigenvalue weighted by Crippen LogP contribution is -2.49. The van der Waals surface area contributed by atoms with E-state index in [1.165, 1.54) is 6.07 Å². The molecule has 1 unspecified atom stereocenters. The topological polar surface area (TPSA) is 88.1 Å². The smallest absolute Gasteiger partial charge is 0.289 e. The third-order valence-corrected chi connectivity index (χ3v) is 6.78. The summed E-state index contributed by atoms with van der Waals surface area (Å²) in [4.78, 5) is 24.7. The van der Waals surface area contributed by atoms with Crippen LogP contribution in [0.1, 0.15) is 41.9 Å². The van der Waals surface area contributed by atoms with E-state index in [9.17, 15) is 9.18 Å². The average Bonchev–Trinajstić information content (AvgIpc) is 3.30. The zero-order valence-electron chi connectivity index (χ0n) is 20.3. The van der Waals surface area contributed by atoms with Gasteiger partial charge in [-0.15, -0.1) is 0 Å². The molecule has 35 heavy (non-hydrogen) atoms.